The molecular formula is C14H20N2O3. The number of primary amides is 1. The van der Waals surface area contributed by atoms with Gasteiger partial charge >= 0.3 is 6.09 Å². The van der Waals surface area contributed by atoms with E-state index in [0.29, 0.717) is 5.56 Å². The van der Waals surface area contributed by atoms with Crippen molar-refractivity contribution in [3.05, 3.63) is 35.4 Å². The highest BCUT2D eigenvalue weighted by atomic mass is 16.6. The maximum atomic E-state index is 12.2. The first-order valence-corrected chi connectivity index (χ1v) is 6.15. The number of carbonyl (C=O) groups is 2. The lowest BCUT2D eigenvalue weighted by Gasteiger charge is -2.25. The van der Waals surface area contributed by atoms with E-state index in [4.69, 9.17) is 16.2 Å². The number of ketones is 1. The number of hydrogen-bond acceptors (Lipinski definition) is 4. The van der Waals surface area contributed by atoms with Crippen LogP contribution in [0.3, 0.4) is 0 Å². The van der Waals surface area contributed by atoms with E-state index in [9.17, 15) is 9.59 Å². The largest absolute Gasteiger partial charge is 0.444 e. The quantitative estimate of drug-likeness (QED) is 0.790. The Morgan fingerprint density at radius 2 is 1.68 bits per heavy atom. The first-order valence-electron chi connectivity index (χ1n) is 6.15. The highest BCUT2D eigenvalue weighted by Crippen LogP contribution is 2.15. The van der Waals surface area contributed by atoms with Gasteiger partial charge in [0.25, 0.3) is 0 Å². The molecule has 2 atom stereocenters. The second kappa shape index (κ2) is 6.33. The van der Waals surface area contributed by atoms with Crippen molar-refractivity contribution in [2.45, 2.75) is 32.9 Å². The summed E-state index contributed by atoms with van der Waals surface area (Å²) in [6.45, 7) is 5.56. The Bertz CT molecular complexity index is 454. The lowest BCUT2D eigenvalue weighted by atomic mass is 9.93. The van der Waals surface area contributed by atoms with Gasteiger partial charge in [-0.05, 0) is 12.8 Å². The number of aryl methyl sites for hydroxylation is 1. The summed E-state index contributed by atoms with van der Waals surface area (Å²) < 4.78 is 4.93. The van der Waals surface area contributed by atoms with Crippen molar-refractivity contribution in [2.24, 2.45) is 17.4 Å². The van der Waals surface area contributed by atoms with Crippen LogP contribution in [0.2, 0.25) is 0 Å². The van der Waals surface area contributed by atoms with E-state index < -0.39 is 18.2 Å². The first kappa shape index (κ1) is 15.2. The van der Waals surface area contributed by atoms with Gasteiger partial charge < -0.3 is 16.2 Å². The van der Waals surface area contributed by atoms with Gasteiger partial charge in [0.1, 0.15) is 12.1 Å². The fourth-order valence-electron chi connectivity index (χ4n) is 1.82. The second-order valence-corrected chi connectivity index (χ2v) is 4.90. The monoisotopic (exact) mass is 264 g/mol. The smallest absolute Gasteiger partial charge is 0.404 e. The SMILES string of the molecule is Cc1ccc(C(=O)C(N)[C@@H](OC(N)=O)C(C)C)cc1. The molecule has 1 aromatic carbocycles. The third kappa shape index (κ3) is 4.06. The molecule has 104 valence electrons. The standard InChI is InChI=1S/C14H20N2O3/c1-8(2)13(19-14(16)18)11(15)12(17)10-6-4-9(3)5-7-10/h4-8,11,13H,15H2,1-3H3,(H2,16,18)/t11?,13-/m0/s1. The van der Waals surface area contributed by atoms with Crippen LogP contribution in [0.25, 0.3) is 0 Å². The fraction of sp³-hybridized carbons (Fsp3) is 0.429. The summed E-state index contributed by atoms with van der Waals surface area (Å²) in [5.41, 5.74) is 12.4. The average Bonchev–Trinajstić information content (AvgIpc) is 2.34. The van der Waals surface area contributed by atoms with Gasteiger partial charge in [0.2, 0.25) is 0 Å². The molecular weight excluding hydrogens is 244 g/mol. The molecule has 0 saturated heterocycles. The van der Waals surface area contributed by atoms with Crippen LogP contribution in [-0.4, -0.2) is 24.0 Å². The van der Waals surface area contributed by atoms with E-state index in [1.165, 1.54) is 0 Å². The molecule has 1 aromatic rings. The Kier molecular flexibility index (Phi) is 5.06. The molecule has 5 nitrogen and oxygen atoms in total. The fourth-order valence-corrected chi connectivity index (χ4v) is 1.82. The predicted octanol–water partition coefficient (Wildman–Crippen LogP) is 1.62. The van der Waals surface area contributed by atoms with Crippen LogP contribution in [0.1, 0.15) is 29.8 Å². The van der Waals surface area contributed by atoms with E-state index in [-0.39, 0.29) is 11.7 Å². The van der Waals surface area contributed by atoms with Gasteiger partial charge in [-0.2, -0.15) is 0 Å². The number of amides is 1. The van der Waals surface area contributed by atoms with Crippen LogP contribution >= 0.6 is 0 Å². The maximum absolute atomic E-state index is 12.2. The van der Waals surface area contributed by atoms with Gasteiger partial charge in [-0.15, -0.1) is 0 Å². The summed E-state index contributed by atoms with van der Waals surface area (Å²) in [7, 11) is 0. The van der Waals surface area contributed by atoms with Crippen LogP contribution in [0, 0.1) is 12.8 Å². The maximum Gasteiger partial charge on any atom is 0.404 e. The number of Topliss-reactive ketones (excluding diaryl/α,β-unsaturated/α-hetero) is 1. The highest BCUT2D eigenvalue weighted by molar-refractivity contribution is 6.00. The van der Waals surface area contributed by atoms with Gasteiger partial charge in [-0.25, -0.2) is 4.79 Å². The van der Waals surface area contributed by atoms with Crippen LogP contribution in [0.15, 0.2) is 24.3 Å². The van der Waals surface area contributed by atoms with Gasteiger partial charge in [0, 0.05) is 5.56 Å². The number of rotatable bonds is 5. The normalized spacial score (nSPS) is 13.9. The summed E-state index contributed by atoms with van der Waals surface area (Å²) >= 11 is 0. The van der Waals surface area contributed by atoms with Crippen molar-refractivity contribution in [1.29, 1.82) is 0 Å². The lowest BCUT2D eigenvalue weighted by Crippen LogP contribution is -2.47. The van der Waals surface area contributed by atoms with Crippen molar-refractivity contribution in [2.75, 3.05) is 0 Å². The summed E-state index contributed by atoms with van der Waals surface area (Å²) in [5.74, 6) is -0.364. The van der Waals surface area contributed by atoms with Crippen molar-refractivity contribution < 1.29 is 14.3 Å². The predicted molar refractivity (Wildman–Crippen MR) is 72.8 cm³/mol. The van der Waals surface area contributed by atoms with Crippen LogP contribution in [0.4, 0.5) is 4.79 Å². The second-order valence-electron chi connectivity index (χ2n) is 4.90. The Labute approximate surface area is 112 Å². The molecule has 1 rings (SSSR count). The van der Waals surface area contributed by atoms with E-state index in [0.717, 1.165) is 5.56 Å². The van der Waals surface area contributed by atoms with E-state index in [1.54, 1.807) is 12.1 Å². The molecule has 1 amide bonds. The van der Waals surface area contributed by atoms with Crippen LogP contribution in [0.5, 0.6) is 0 Å². The molecule has 0 bridgehead atoms. The zero-order chi connectivity index (χ0) is 14.6. The zero-order valence-electron chi connectivity index (χ0n) is 11.4. The van der Waals surface area contributed by atoms with Crippen molar-refractivity contribution in [3.63, 3.8) is 0 Å². The minimum absolute atomic E-state index is 0.100. The number of ether oxygens (including phenoxy) is 1. The Hall–Kier alpha value is -1.88. The molecule has 0 heterocycles. The molecule has 0 fully saturated rings. The molecule has 0 radical (unpaired) electrons. The summed E-state index contributed by atoms with van der Waals surface area (Å²) in [6.07, 6.45) is -1.66. The molecule has 0 aromatic heterocycles. The third-order valence-corrected chi connectivity index (χ3v) is 2.90. The van der Waals surface area contributed by atoms with Crippen molar-refractivity contribution in [1.82, 2.24) is 0 Å². The molecule has 5 heteroatoms. The molecule has 0 aliphatic heterocycles. The van der Waals surface area contributed by atoms with Gasteiger partial charge in [0.15, 0.2) is 5.78 Å². The average molecular weight is 264 g/mol. The zero-order valence-corrected chi connectivity index (χ0v) is 11.4. The third-order valence-electron chi connectivity index (χ3n) is 2.90. The molecule has 0 saturated carbocycles. The lowest BCUT2D eigenvalue weighted by molar-refractivity contribution is 0.0535. The van der Waals surface area contributed by atoms with E-state index >= 15 is 0 Å². The van der Waals surface area contributed by atoms with Gasteiger partial charge in [-0.1, -0.05) is 43.7 Å². The topological polar surface area (TPSA) is 95.4 Å². The Balaban J connectivity index is 2.89. The molecule has 0 aliphatic carbocycles. The Morgan fingerprint density at radius 3 is 2.11 bits per heavy atom. The van der Waals surface area contributed by atoms with Crippen molar-refractivity contribution in [3.8, 4) is 0 Å². The molecule has 0 aliphatic rings. The van der Waals surface area contributed by atoms with Crippen molar-refractivity contribution >= 4 is 11.9 Å². The molecule has 0 spiro atoms. The number of nitrogens with two attached hydrogens (primary N) is 2. The number of carbonyl (C=O) groups excluding carboxylic acids is 2. The van der Waals surface area contributed by atoms with E-state index in [1.807, 2.05) is 32.9 Å². The Morgan fingerprint density at radius 1 is 1.16 bits per heavy atom. The first-order chi connectivity index (χ1) is 8.82. The minimum Gasteiger partial charge on any atom is -0.444 e. The number of hydrogen-bond donors (Lipinski definition) is 2. The number of benzene rings is 1. The summed E-state index contributed by atoms with van der Waals surface area (Å²) in [6, 6.07) is 6.16. The van der Waals surface area contributed by atoms with Crippen LogP contribution < -0.4 is 11.5 Å². The van der Waals surface area contributed by atoms with E-state index in [2.05, 4.69) is 0 Å². The highest BCUT2D eigenvalue weighted by Gasteiger charge is 2.30. The molecule has 19 heavy (non-hydrogen) atoms. The van der Waals surface area contributed by atoms with Gasteiger partial charge in [-0.3, -0.25) is 4.79 Å². The molecule has 4 N–H and O–H groups in total. The van der Waals surface area contributed by atoms with Crippen LogP contribution in [-0.2, 0) is 4.74 Å². The molecule has 1 unspecified atom stereocenters. The van der Waals surface area contributed by atoms with Gasteiger partial charge in [0.05, 0.1) is 0 Å². The summed E-state index contributed by atoms with van der Waals surface area (Å²) in [5, 5.41) is 0. The summed E-state index contributed by atoms with van der Waals surface area (Å²) in [4.78, 5) is 23.1. The minimum atomic E-state index is -0.925.